The lowest BCUT2D eigenvalue weighted by molar-refractivity contribution is 0.426. The van der Waals surface area contributed by atoms with Gasteiger partial charge in [0.25, 0.3) is 0 Å². The number of rotatable bonds is 7. The molecule has 0 saturated carbocycles. The molecule has 2 nitrogen and oxygen atoms in total. The van der Waals surface area contributed by atoms with Crippen LogP contribution in [-0.4, -0.2) is 17.8 Å². The predicted octanol–water partition coefficient (Wildman–Crippen LogP) is 4.75. The number of nitrogens with one attached hydrogen (secondary N) is 1. The Labute approximate surface area is 134 Å². The standard InChI is InChI=1S/C18H28N2S/c1-6-20-18(5,14-19)12-7-13-21-16-10-8-15(9-11-16)17(2,3)4/h8-11,20H,6-7,12-13H2,1-5H3. The zero-order chi connectivity index (χ0) is 15.9. The predicted molar refractivity (Wildman–Crippen MR) is 92.8 cm³/mol. The zero-order valence-electron chi connectivity index (χ0n) is 14.0. The van der Waals surface area contributed by atoms with E-state index in [2.05, 4.69) is 56.4 Å². The van der Waals surface area contributed by atoms with Crippen molar-refractivity contribution >= 4 is 11.8 Å². The molecule has 116 valence electrons. The molecule has 0 aliphatic carbocycles. The van der Waals surface area contributed by atoms with Gasteiger partial charge in [-0.3, -0.25) is 5.32 Å². The molecule has 1 N–H and O–H groups in total. The number of nitrogens with zero attached hydrogens (tertiary/aromatic N) is 1. The molecular weight excluding hydrogens is 276 g/mol. The van der Waals surface area contributed by atoms with E-state index in [9.17, 15) is 5.26 Å². The van der Waals surface area contributed by atoms with Gasteiger partial charge in [0.15, 0.2) is 0 Å². The second-order valence-electron chi connectivity index (χ2n) is 6.70. The van der Waals surface area contributed by atoms with Crippen LogP contribution in [0.1, 0.15) is 53.0 Å². The lowest BCUT2D eigenvalue weighted by Gasteiger charge is -2.22. The van der Waals surface area contributed by atoms with Gasteiger partial charge in [0.05, 0.1) is 6.07 Å². The second-order valence-corrected chi connectivity index (χ2v) is 7.87. The molecular formula is C18H28N2S. The highest BCUT2D eigenvalue weighted by Crippen LogP contribution is 2.26. The van der Waals surface area contributed by atoms with Gasteiger partial charge >= 0.3 is 0 Å². The van der Waals surface area contributed by atoms with Crippen LogP contribution in [0.3, 0.4) is 0 Å². The number of hydrogen-bond acceptors (Lipinski definition) is 3. The van der Waals surface area contributed by atoms with E-state index in [0.717, 1.165) is 25.1 Å². The molecule has 0 radical (unpaired) electrons. The monoisotopic (exact) mass is 304 g/mol. The fourth-order valence-corrected chi connectivity index (χ4v) is 3.09. The largest absolute Gasteiger partial charge is 0.300 e. The molecule has 0 fully saturated rings. The van der Waals surface area contributed by atoms with Gasteiger partial charge in [0, 0.05) is 4.90 Å². The molecule has 0 aliphatic rings. The van der Waals surface area contributed by atoms with Crippen LogP contribution >= 0.6 is 11.8 Å². The minimum absolute atomic E-state index is 0.212. The van der Waals surface area contributed by atoms with Crippen molar-refractivity contribution in [1.82, 2.24) is 5.32 Å². The minimum Gasteiger partial charge on any atom is -0.300 e. The van der Waals surface area contributed by atoms with Crippen molar-refractivity contribution in [2.45, 2.75) is 63.3 Å². The van der Waals surface area contributed by atoms with Gasteiger partial charge in [-0.15, -0.1) is 11.8 Å². The Hall–Kier alpha value is -0.980. The third-order valence-corrected chi connectivity index (χ3v) is 4.72. The molecule has 0 aliphatic heterocycles. The average Bonchev–Trinajstić information content (AvgIpc) is 2.43. The quantitative estimate of drug-likeness (QED) is 0.583. The van der Waals surface area contributed by atoms with Gasteiger partial charge < -0.3 is 0 Å². The van der Waals surface area contributed by atoms with Crippen LogP contribution in [0, 0.1) is 11.3 Å². The highest BCUT2D eigenvalue weighted by Gasteiger charge is 2.21. The van der Waals surface area contributed by atoms with Crippen molar-refractivity contribution in [1.29, 1.82) is 5.26 Å². The van der Waals surface area contributed by atoms with E-state index in [-0.39, 0.29) is 11.0 Å². The van der Waals surface area contributed by atoms with E-state index in [1.807, 2.05) is 25.6 Å². The SMILES string of the molecule is CCNC(C)(C#N)CCCSc1ccc(C(C)(C)C)cc1. The zero-order valence-corrected chi connectivity index (χ0v) is 14.8. The summed E-state index contributed by atoms with van der Waals surface area (Å²) in [5.74, 6) is 1.05. The van der Waals surface area contributed by atoms with Gasteiger partial charge in [-0.1, -0.05) is 39.8 Å². The Morgan fingerprint density at radius 1 is 1.14 bits per heavy atom. The van der Waals surface area contributed by atoms with Crippen LogP contribution in [0.25, 0.3) is 0 Å². The third kappa shape index (κ3) is 6.11. The van der Waals surface area contributed by atoms with Gasteiger partial charge in [0.1, 0.15) is 5.54 Å². The summed E-state index contributed by atoms with van der Waals surface area (Å²) < 4.78 is 0. The average molecular weight is 305 g/mol. The summed E-state index contributed by atoms with van der Waals surface area (Å²) in [5.41, 5.74) is 1.20. The molecule has 0 saturated heterocycles. The molecule has 21 heavy (non-hydrogen) atoms. The maximum absolute atomic E-state index is 9.22. The summed E-state index contributed by atoms with van der Waals surface area (Å²) in [6.45, 7) is 11.6. The molecule has 1 unspecified atom stereocenters. The van der Waals surface area contributed by atoms with Gasteiger partial charge in [-0.2, -0.15) is 5.26 Å². The molecule has 0 spiro atoms. The molecule has 1 atom stereocenters. The summed E-state index contributed by atoms with van der Waals surface area (Å²) in [5, 5.41) is 12.5. The summed E-state index contributed by atoms with van der Waals surface area (Å²) in [6.07, 6.45) is 1.94. The molecule has 0 bridgehead atoms. The first-order valence-electron chi connectivity index (χ1n) is 7.70. The molecule has 0 aromatic heterocycles. The van der Waals surface area contributed by atoms with E-state index in [0.29, 0.717) is 0 Å². The molecule has 1 aromatic carbocycles. The Bertz CT molecular complexity index is 467. The van der Waals surface area contributed by atoms with E-state index in [1.54, 1.807) is 0 Å². The van der Waals surface area contributed by atoms with E-state index >= 15 is 0 Å². The lowest BCUT2D eigenvalue weighted by Crippen LogP contribution is -2.40. The molecule has 1 rings (SSSR count). The van der Waals surface area contributed by atoms with Crippen molar-refractivity contribution in [3.05, 3.63) is 29.8 Å². The Morgan fingerprint density at radius 2 is 1.76 bits per heavy atom. The first-order chi connectivity index (χ1) is 9.80. The summed E-state index contributed by atoms with van der Waals surface area (Å²) >= 11 is 1.87. The maximum atomic E-state index is 9.22. The number of hydrogen-bond donors (Lipinski definition) is 1. The van der Waals surface area contributed by atoms with Crippen molar-refractivity contribution < 1.29 is 0 Å². The van der Waals surface area contributed by atoms with Crippen molar-refractivity contribution in [3.8, 4) is 6.07 Å². The molecule has 3 heteroatoms. The van der Waals surface area contributed by atoms with Gasteiger partial charge in [-0.05, 0) is 55.2 Å². The maximum Gasteiger partial charge on any atom is 0.103 e. The number of benzene rings is 1. The lowest BCUT2D eigenvalue weighted by atomic mass is 9.87. The Kier molecular flexibility index (Phi) is 6.77. The van der Waals surface area contributed by atoms with Crippen LogP contribution in [-0.2, 0) is 5.41 Å². The van der Waals surface area contributed by atoms with Crippen LogP contribution in [0.15, 0.2) is 29.2 Å². The van der Waals surface area contributed by atoms with Crippen LogP contribution in [0.4, 0.5) is 0 Å². The van der Waals surface area contributed by atoms with Gasteiger partial charge in [-0.25, -0.2) is 0 Å². The highest BCUT2D eigenvalue weighted by molar-refractivity contribution is 7.99. The fourth-order valence-electron chi connectivity index (χ4n) is 2.24. The smallest absolute Gasteiger partial charge is 0.103 e. The summed E-state index contributed by atoms with van der Waals surface area (Å²) in [6, 6.07) is 11.2. The highest BCUT2D eigenvalue weighted by atomic mass is 32.2. The second kappa shape index (κ2) is 7.87. The normalized spacial score (nSPS) is 14.5. The van der Waals surface area contributed by atoms with Crippen LogP contribution < -0.4 is 5.32 Å². The number of thioether (sulfide) groups is 1. The van der Waals surface area contributed by atoms with Crippen molar-refractivity contribution in [3.63, 3.8) is 0 Å². The topological polar surface area (TPSA) is 35.8 Å². The van der Waals surface area contributed by atoms with E-state index < -0.39 is 0 Å². The first kappa shape index (κ1) is 18.1. The molecule has 0 amide bonds. The minimum atomic E-state index is -0.384. The van der Waals surface area contributed by atoms with E-state index in [4.69, 9.17) is 0 Å². The van der Waals surface area contributed by atoms with E-state index in [1.165, 1.54) is 10.5 Å². The summed E-state index contributed by atoms with van der Waals surface area (Å²) in [4.78, 5) is 1.31. The first-order valence-corrected chi connectivity index (χ1v) is 8.69. The Morgan fingerprint density at radius 3 is 2.24 bits per heavy atom. The molecule has 0 heterocycles. The van der Waals surface area contributed by atoms with Crippen molar-refractivity contribution in [2.24, 2.45) is 0 Å². The Balaban J connectivity index is 2.42. The van der Waals surface area contributed by atoms with Crippen LogP contribution in [0.2, 0.25) is 0 Å². The fraction of sp³-hybridized carbons (Fsp3) is 0.611. The molecule has 1 aromatic rings. The van der Waals surface area contributed by atoms with Crippen molar-refractivity contribution in [2.75, 3.05) is 12.3 Å². The van der Waals surface area contributed by atoms with Gasteiger partial charge in [0.2, 0.25) is 0 Å². The number of nitriles is 1. The third-order valence-electron chi connectivity index (χ3n) is 3.62. The van der Waals surface area contributed by atoms with Crippen LogP contribution in [0.5, 0.6) is 0 Å². The summed E-state index contributed by atoms with van der Waals surface area (Å²) in [7, 11) is 0.